The molecule has 0 aromatic carbocycles. The van der Waals surface area contributed by atoms with Crippen LogP contribution in [-0.4, -0.2) is 29.3 Å². The number of carbonyl (C=O) groups excluding carboxylic acids is 1. The summed E-state index contributed by atoms with van der Waals surface area (Å²) in [5.74, 6) is 0. The van der Waals surface area contributed by atoms with E-state index in [0.717, 1.165) is 19.3 Å². The zero-order valence-electron chi connectivity index (χ0n) is 15.1. The van der Waals surface area contributed by atoms with E-state index in [-0.39, 0.29) is 17.7 Å². The molecule has 0 spiro atoms. The molecule has 0 aliphatic heterocycles. The molecule has 2 N–H and O–H groups in total. The maximum Gasteiger partial charge on any atom is 0.407 e. The molecule has 0 radical (unpaired) electrons. The molecule has 1 aliphatic rings. The molecule has 0 atom stereocenters. The second-order valence-electron chi connectivity index (χ2n) is 9.28. The Kier molecular flexibility index (Phi) is 5.36. The average Bonchev–Trinajstić information content (AvgIpc) is 2.05. The van der Waals surface area contributed by atoms with Gasteiger partial charge in [0.2, 0.25) is 0 Å². The maximum absolute atomic E-state index is 11.7. The van der Waals surface area contributed by atoms with E-state index in [1.807, 2.05) is 20.8 Å². The molecule has 4 nitrogen and oxygen atoms in total. The van der Waals surface area contributed by atoms with E-state index in [4.69, 9.17) is 4.74 Å². The van der Waals surface area contributed by atoms with Crippen LogP contribution >= 0.6 is 0 Å². The van der Waals surface area contributed by atoms with Crippen molar-refractivity contribution in [3.8, 4) is 0 Å². The monoisotopic (exact) mass is 298 g/mol. The van der Waals surface area contributed by atoms with Gasteiger partial charge in [-0.25, -0.2) is 4.79 Å². The van der Waals surface area contributed by atoms with Crippen molar-refractivity contribution in [2.75, 3.05) is 0 Å². The van der Waals surface area contributed by atoms with Gasteiger partial charge in [0.25, 0.3) is 0 Å². The second kappa shape index (κ2) is 6.15. The Bertz CT molecular complexity index is 358. The zero-order chi connectivity index (χ0) is 16.5. The summed E-state index contributed by atoms with van der Waals surface area (Å²) in [6.45, 7) is 17.0. The van der Waals surface area contributed by atoms with E-state index < -0.39 is 5.60 Å². The predicted molar refractivity (Wildman–Crippen MR) is 87.5 cm³/mol. The topological polar surface area (TPSA) is 50.4 Å². The molecule has 0 aromatic rings. The fourth-order valence-electron chi connectivity index (χ4n) is 3.26. The minimum Gasteiger partial charge on any atom is -0.444 e. The van der Waals surface area contributed by atoms with Gasteiger partial charge in [0, 0.05) is 17.6 Å². The van der Waals surface area contributed by atoms with Crippen molar-refractivity contribution in [3.05, 3.63) is 0 Å². The SMILES string of the molecule is CC(C)(C)CC(C)(C)NC1CC(NC(=O)OC(C)(C)C)C1. The summed E-state index contributed by atoms with van der Waals surface area (Å²) in [6, 6.07) is 0.727. The van der Waals surface area contributed by atoms with E-state index in [9.17, 15) is 4.79 Å². The van der Waals surface area contributed by atoms with Crippen LogP contribution in [-0.2, 0) is 4.74 Å². The zero-order valence-corrected chi connectivity index (χ0v) is 15.1. The Balaban J connectivity index is 2.29. The van der Waals surface area contributed by atoms with Gasteiger partial charge in [0.15, 0.2) is 0 Å². The van der Waals surface area contributed by atoms with Crippen LogP contribution in [0.15, 0.2) is 0 Å². The number of hydrogen-bond acceptors (Lipinski definition) is 3. The molecule has 1 aliphatic carbocycles. The van der Waals surface area contributed by atoms with Crippen LogP contribution in [0.25, 0.3) is 0 Å². The van der Waals surface area contributed by atoms with E-state index >= 15 is 0 Å². The van der Waals surface area contributed by atoms with Gasteiger partial charge in [-0.2, -0.15) is 0 Å². The van der Waals surface area contributed by atoms with Gasteiger partial charge < -0.3 is 15.4 Å². The molecule has 1 amide bonds. The minimum atomic E-state index is -0.430. The number of nitrogens with one attached hydrogen (secondary N) is 2. The summed E-state index contributed by atoms with van der Waals surface area (Å²) < 4.78 is 5.28. The number of ether oxygens (including phenoxy) is 1. The quantitative estimate of drug-likeness (QED) is 0.829. The second-order valence-corrected chi connectivity index (χ2v) is 9.28. The molecule has 0 saturated heterocycles. The van der Waals surface area contributed by atoms with Gasteiger partial charge in [-0.05, 0) is 59.3 Å². The first kappa shape index (κ1) is 18.3. The molecule has 0 aromatic heterocycles. The lowest BCUT2D eigenvalue weighted by Crippen LogP contribution is -2.58. The number of rotatable bonds is 4. The van der Waals surface area contributed by atoms with Crippen LogP contribution in [0.3, 0.4) is 0 Å². The van der Waals surface area contributed by atoms with Crippen LogP contribution in [0.1, 0.15) is 74.7 Å². The number of carbonyl (C=O) groups is 1. The highest BCUT2D eigenvalue weighted by Gasteiger charge is 2.36. The van der Waals surface area contributed by atoms with Crippen LogP contribution < -0.4 is 10.6 Å². The van der Waals surface area contributed by atoms with Crippen molar-refractivity contribution in [2.45, 2.75) is 97.9 Å². The molecule has 1 saturated carbocycles. The average molecular weight is 298 g/mol. The third kappa shape index (κ3) is 7.70. The number of amides is 1. The van der Waals surface area contributed by atoms with Gasteiger partial charge in [0.05, 0.1) is 0 Å². The van der Waals surface area contributed by atoms with E-state index in [1.165, 1.54) is 0 Å². The van der Waals surface area contributed by atoms with Crippen molar-refractivity contribution >= 4 is 6.09 Å². The molecule has 1 fully saturated rings. The third-order valence-electron chi connectivity index (χ3n) is 3.43. The lowest BCUT2D eigenvalue weighted by atomic mass is 9.79. The molecular formula is C17H34N2O2. The fourth-order valence-corrected chi connectivity index (χ4v) is 3.26. The Hall–Kier alpha value is -0.770. The lowest BCUT2D eigenvalue weighted by molar-refractivity contribution is 0.0456. The predicted octanol–water partition coefficient (Wildman–Crippen LogP) is 3.85. The standard InChI is InChI=1S/C17H34N2O2/c1-15(2,3)11-17(7,8)19-13-9-12(10-13)18-14(20)21-16(4,5)6/h12-13,19H,9-11H2,1-8H3,(H,18,20). The summed E-state index contributed by atoms with van der Waals surface area (Å²) in [7, 11) is 0. The molecule has 124 valence electrons. The Morgan fingerprint density at radius 3 is 1.95 bits per heavy atom. The van der Waals surface area contributed by atoms with Crippen molar-refractivity contribution in [2.24, 2.45) is 5.41 Å². The highest BCUT2D eigenvalue weighted by molar-refractivity contribution is 5.68. The molecule has 0 unspecified atom stereocenters. The first-order valence-corrected chi connectivity index (χ1v) is 8.03. The van der Waals surface area contributed by atoms with E-state index in [1.54, 1.807) is 0 Å². The molecule has 4 heteroatoms. The smallest absolute Gasteiger partial charge is 0.407 e. The van der Waals surface area contributed by atoms with E-state index in [2.05, 4.69) is 45.3 Å². The van der Waals surface area contributed by atoms with Gasteiger partial charge in [0.1, 0.15) is 5.60 Å². The first-order valence-electron chi connectivity index (χ1n) is 8.03. The van der Waals surface area contributed by atoms with E-state index in [0.29, 0.717) is 11.5 Å². The maximum atomic E-state index is 11.7. The first-order chi connectivity index (χ1) is 9.26. The largest absolute Gasteiger partial charge is 0.444 e. The van der Waals surface area contributed by atoms with Gasteiger partial charge >= 0.3 is 6.09 Å². The highest BCUT2D eigenvalue weighted by Crippen LogP contribution is 2.30. The number of hydrogen-bond donors (Lipinski definition) is 2. The van der Waals surface area contributed by atoms with Crippen LogP contribution in [0.5, 0.6) is 0 Å². The van der Waals surface area contributed by atoms with Gasteiger partial charge in [-0.3, -0.25) is 0 Å². The Morgan fingerprint density at radius 1 is 1.00 bits per heavy atom. The summed E-state index contributed by atoms with van der Waals surface area (Å²) >= 11 is 0. The van der Waals surface area contributed by atoms with Crippen molar-refractivity contribution in [1.82, 2.24) is 10.6 Å². The van der Waals surface area contributed by atoms with Crippen molar-refractivity contribution < 1.29 is 9.53 Å². The molecule has 21 heavy (non-hydrogen) atoms. The summed E-state index contributed by atoms with van der Waals surface area (Å²) in [6.07, 6.45) is 2.78. The van der Waals surface area contributed by atoms with Gasteiger partial charge in [-0.15, -0.1) is 0 Å². The fraction of sp³-hybridized carbons (Fsp3) is 0.941. The highest BCUT2D eigenvalue weighted by atomic mass is 16.6. The molecular weight excluding hydrogens is 264 g/mol. The van der Waals surface area contributed by atoms with Crippen molar-refractivity contribution in [3.63, 3.8) is 0 Å². The van der Waals surface area contributed by atoms with Crippen molar-refractivity contribution in [1.29, 1.82) is 0 Å². The molecule has 0 bridgehead atoms. The normalized spacial score (nSPS) is 23.4. The molecule has 0 heterocycles. The summed E-state index contributed by atoms with van der Waals surface area (Å²) in [5.41, 5.74) is 0.00833. The summed E-state index contributed by atoms with van der Waals surface area (Å²) in [5, 5.41) is 6.64. The Morgan fingerprint density at radius 2 is 1.52 bits per heavy atom. The number of alkyl carbamates (subject to hydrolysis) is 1. The third-order valence-corrected chi connectivity index (χ3v) is 3.43. The van der Waals surface area contributed by atoms with Crippen LogP contribution in [0.4, 0.5) is 4.79 Å². The van der Waals surface area contributed by atoms with Crippen LogP contribution in [0.2, 0.25) is 0 Å². The van der Waals surface area contributed by atoms with Crippen LogP contribution in [0, 0.1) is 5.41 Å². The minimum absolute atomic E-state index is 0.125. The summed E-state index contributed by atoms with van der Waals surface area (Å²) in [4.78, 5) is 11.7. The Labute approximate surface area is 130 Å². The molecule has 1 rings (SSSR count). The lowest BCUT2D eigenvalue weighted by Gasteiger charge is -2.43. The van der Waals surface area contributed by atoms with Gasteiger partial charge in [-0.1, -0.05) is 20.8 Å².